The molecule has 37 heavy (non-hydrogen) atoms. The van der Waals surface area contributed by atoms with Crippen LogP contribution in [0.4, 0.5) is 5.95 Å². The quantitative estimate of drug-likeness (QED) is 0.384. The van der Waals surface area contributed by atoms with Gasteiger partial charge in [0.1, 0.15) is 0 Å². The van der Waals surface area contributed by atoms with Crippen molar-refractivity contribution < 1.29 is 9.59 Å². The molecule has 196 valence electrons. The molecule has 0 bridgehead atoms. The molecule has 1 fully saturated rings. The van der Waals surface area contributed by atoms with Crippen LogP contribution in [0.1, 0.15) is 62.5 Å². The molecule has 2 N–H and O–H groups in total. The molecule has 4 rings (SSSR count). The molecule has 2 amide bonds. The van der Waals surface area contributed by atoms with Crippen LogP contribution in [-0.2, 0) is 11.3 Å². The molecule has 1 saturated heterocycles. The summed E-state index contributed by atoms with van der Waals surface area (Å²) < 4.78 is 2.12. The van der Waals surface area contributed by atoms with Crippen LogP contribution >= 0.6 is 11.6 Å². The number of likely N-dealkylation sites (tertiary alicyclic amines) is 1. The zero-order valence-corrected chi connectivity index (χ0v) is 22.8. The van der Waals surface area contributed by atoms with Gasteiger partial charge in [-0.3, -0.25) is 14.9 Å². The first kappa shape index (κ1) is 26.9. The molecule has 2 aromatic carbocycles. The molecule has 1 aromatic heterocycles. The van der Waals surface area contributed by atoms with E-state index in [4.69, 9.17) is 16.6 Å². The van der Waals surface area contributed by atoms with E-state index in [0.717, 1.165) is 36.0 Å². The summed E-state index contributed by atoms with van der Waals surface area (Å²) in [7, 11) is 0. The summed E-state index contributed by atoms with van der Waals surface area (Å²) in [6.07, 6.45) is 2.89. The molecule has 2 heterocycles. The largest absolute Gasteiger partial charge is 0.339 e. The number of piperidine rings is 1. The standard InChI is InChI=1S/C29H36ClN5O2/c1-6-26(36)34-15-13-23(14-16-34)35-25-12-7-20(18-31-19(2)29(3,4)5)17-24(25)32-28(35)33-27(37)21-8-10-22(30)11-9-21/h6-12,17,19,23,31H,1,13-16,18H2,2-5H3,(H,32,33,37). The van der Waals surface area contributed by atoms with Gasteiger partial charge in [-0.2, -0.15) is 0 Å². The van der Waals surface area contributed by atoms with Crippen molar-refractivity contribution >= 4 is 40.4 Å². The van der Waals surface area contributed by atoms with Gasteiger partial charge in [0.2, 0.25) is 11.9 Å². The van der Waals surface area contributed by atoms with Crippen LogP contribution in [0.25, 0.3) is 11.0 Å². The van der Waals surface area contributed by atoms with Gasteiger partial charge in [-0.15, -0.1) is 0 Å². The second-order valence-electron chi connectivity index (χ2n) is 10.8. The summed E-state index contributed by atoms with van der Waals surface area (Å²) in [5, 5.41) is 7.21. The van der Waals surface area contributed by atoms with Gasteiger partial charge < -0.3 is 14.8 Å². The van der Waals surface area contributed by atoms with Crippen molar-refractivity contribution in [1.82, 2.24) is 19.8 Å². The molecule has 1 unspecified atom stereocenters. The Bertz CT molecular complexity index is 1280. The average molecular weight is 522 g/mol. The highest BCUT2D eigenvalue weighted by Gasteiger charge is 2.27. The minimum Gasteiger partial charge on any atom is -0.339 e. The van der Waals surface area contributed by atoms with Crippen LogP contribution in [-0.4, -0.2) is 45.4 Å². The van der Waals surface area contributed by atoms with Crippen molar-refractivity contribution in [2.24, 2.45) is 5.41 Å². The lowest BCUT2D eigenvalue weighted by molar-refractivity contribution is -0.127. The number of fused-ring (bicyclic) bond motifs is 1. The number of anilines is 1. The molecule has 8 heteroatoms. The zero-order valence-electron chi connectivity index (χ0n) is 22.1. The molecule has 7 nitrogen and oxygen atoms in total. The van der Waals surface area contributed by atoms with Crippen LogP contribution < -0.4 is 10.6 Å². The Labute approximate surface area is 223 Å². The fraction of sp³-hybridized carbons (Fsp3) is 0.414. The average Bonchev–Trinajstić information content (AvgIpc) is 3.23. The minimum absolute atomic E-state index is 0.0492. The number of nitrogens with zero attached hydrogens (tertiary/aromatic N) is 3. The maximum absolute atomic E-state index is 13.1. The van der Waals surface area contributed by atoms with Gasteiger partial charge in [0.05, 0.1) is 11.0 Å². The molecule has 0 radical (unpaired) electrons. The number of carbonyl (C=O) groups is 2. The van der Waals surface area contributed by atoms with E-state index in [9.17, 15) is 9.59 Å². The summed E-state index contributed by atoms with van der Waals surface area (Å²) in [4.78, 5) is 31.8. The second kappa shape index (κ2) is 11.1. The van der Waals surface area contributed by atoms with Crippen molar-refractivity contribution in [3.8, 4) is 0 Å². The lowest BCUT2D eigenvalue weighted by atomic mass is 9.88. The predicted molar refractivity (Wildman–Crippen MR) is 150 cm³/mol. The van der Waals surface area contributed by atoms with E-state index in [1.165, 1.54) is 6.08 Å². The van der Waals surface area contributed by atoms with Gasteiger partial charge in [0.15, 0.2) is 0 Å². The highest BCUT2D eigenvalue weighted by Crippen LogP contribution is 2.32. The van der Waals surface area contributed by atoms with E-state index in [2.05, 4.69) is 67.7 Å². The summed E-state index contributed by atoms with van der Waals surface area (Å²) in [6.45, 7) is 14.5. The van der Waals surface area contributed by atoms with Crippen LogP contribution in [0.2, 0.25) is 5.02 Å². The molecule has 1 aliphatic rings. The van der Waals surface area contributed by atoms with Crippen molar-refractivity contribution in [3.63, 3.8) is 0 Å². The number of rotatable bonds is 7. The van der Waals surface area contributed by atoms with Crippen LogP contribution in [0.5, 0.6) is 0 Å². The Morgan fingerprint density at radius 1 is 1.16 bits per heavy atom. The Balaban J connectivity index is 1.63. The lowest BCUT2D eigenvalue weighted by Gasteiger charge is -2.33. The summed E-state index contributed by atoms with van der Waals surface area (Å²) in [6, 6.07) is 13.5. The highest BCUT2D eigenvalue weighted by atomic mass is 35.5. The maximum Gasteiger partial charge on any atom is 0.257 e. The first-order chi connectivity index (χ1) is 17.6. The fourth-order valence-electron chi connectivity index (χ4n) is 4.54. The number of halogens is 1. The molecular formula is C29H36ClN5O2. The highest BCUT2D eigenvalue weighted by molar-refractivity contribution is 6.30. The van der Waals surface area contributed by atoms with Crippen LogP contribution in [0.3, 0.4) is 0 Å². The Hall–Kier alpha value is -3.16. The third-order valence-electron chi connectivity index (χ3n) is 7.31. The number of nitrogens with one attached hydrogen (secondary N) is 2. The number of imidazole rings is 1. The van der Waals surface area contributed by atoms with Crippen LogP contribution in [0.15, 0.2) is 55.1 Å². The lowest BCUT2D eigenvalue weighted by Crippen LogP contribution is -2.38. The molecule has 1 aliphatic heterocycles. The Morgan fingerprint density at radius 3 is 2.46 bits per heavy atom. The van der Waals surface area contributed by atoms with E-state index in [1.807, 2.05) is 4.90 Å². The first-order valence-corrected chi connectivity index (χ1v) is 13.2. The number of benzene rings is 2. The van der Waals surface area contributed by atoms with Crippen molar-refractivity contribution in [2.75, 3.05) is 18.4 Å². The summed E-state index contributed by atoms with van der Waals surface area (Å²) in [5.41, 5.74) is 3.60. The van der Waals surface area contributed by atoms with Gasteiger partial charge in [-0.25, -0.2) is 4.98 Å². The van der Waals surface area contributed by atoms with Gasteiger partial charge in [-0.1, -0.05) is 45.0 Å². The first-order valence-electron chi connectivity index (χ1n) is 12.8. The Morgan fingerprint density at radius 2 is 1.84 bits per heavy atom. The van der Waals surface area contributed by atoms with E-state index >= 15 is 0 Å². The third kappa shape index (κ3) is 6.22. The molecule has 0 saturated carbocycles. The minimum atomic E-state index is -0.242. The third-order valence-corrected chi connectivity index (χ3v) is 7.56. The Kier molecular flexibility index (Phi) is 8.05. The van der Waals surface area contributed by atoms with E-state index in [-0.39, 0.29) is 23.3 Å². The second-order valence-corrected chi connectivity index (χ2v) is 11.3. The number of hydrogen-bond acceptors (Lipinski definition) is 4. The number of hydrogen-bond donors (Lipinski definition) is 2. The summed E-state index contributed by atoms with van der Waals surface area (Å²) >= 11 is 6.00. The van der Waals surface area contributed by atoms with Gasteiger partial charge in [0.25, 0.3) is 5.91 Å². The van der Waals surface area contributed by atoms with Gasteiger partial charge in [-0.05, 0) is 73.2 Å². The molecule has 3 aromatic rings. The number of aromatic nitrogens is 2. The van der Waals surface area contributed by atoms with Crippen molar-refractivity contribution in [2.45, 2.75) is 59.2 Å². The van der Waals surface area contributed by atoms with Crippen LogP contribution in [0, 0.1) is 5.41 Å². The molecule has 0 spiro atoms. The summed E-state index contributed by atoms with van der Waals surface area (Å²) in [5.74, 6) is 0.219. The van der Waals surface area contributed by atoms with Gasteiger partial charge in [0, 0.05) is 42.3 Å². The fourth-order valence-corrected chi connectivity index (χ4v) is 4.66. The smallest absolute Gasteiger partial charge is 0.257 e. The van der Waals surface area contributed by atoms with Crippen molar-refractivity contribution in [1.29, 1.82) is 0 Å². The van der Waals surface area contributed by atoms with E-state index in [1.54, 1.807) is 24.3 Å². The van der Waals surface area contributed by atoms with Gasteiger partial charge >= 0.3 is 0 Å². The molecule has 0 aliphatic carbocycles. The van der Waals surface area contributed by atoms with E-state index < -0.39 is 0 Å². The zero-order chi connectivity index (χ0) is 26.7. The number of amides is 2. The monoisotopic (exact) mass is 521 g/mol. The topological polar surface area (TPSA) is 79.3 Å². The maximum atomic E-state index is 13.1. The normalized spacial score (nSPS) is 15.5. The predicted octanol–water partition coefficient (Wildman–Crippen LogP) is 5.82. The molecular weight excluding hydrogens is 486 g/mol. The SMILES string of the molecule is C=CC(=O)N1CCC(n2c(NC(=O)c3ccc(Cl)cc3)nc3cc(CNC(C)C(C)(C)C)ccc32)CC1. The number of carbonyl (C=O) groups excluding carboxylic acids is 2. The molecule has 1 atom stereocenters. The van der Waals surface area contributed by atoms with Crippen molar-refractivity contribution in [3.05, 3.63) is 71.3 Å². The van der Waals surface area contributed by atoms with E-state index in [0.29, 0.717) is 35.7 Å².